The molecule has 0 bridgehead atoms. The summed E-state index contributed by atoms with van der Waals surface area (Å²) in [5, 5.41) is 5.76. The molecule has 9 nitrogen and oxygen atoms in total. The number of anilines is 1. The van der Waals surface area contributed by atoms with Crippen molar-refractivity contribution in [1.82, 2.24) is 10.2 Å². The van der Waals surface area contributed by atoms with Crippen LogP contribution in [0.3, 0.4) is 0 Å². The summed E-state index contributed by atoms with van der Waals surface area (Å²) in [6, 6.07) is 8.57. The highest BCUT2D eigenvalue weighted by Crippen LogP contribution is 2.30. The van der Waals surface area contributed by atoms with Crippen LogP contribution < -0.4 is 16.4 Å². The second kappa shape index (κ2) is 12.8. The summed E-state index contributed by atoms with van der Waals surface area (Å²) in [6.07, 6.45) is -1.05. The zero-order chi connectivity index (χ0) is 28.8. The zero-order valence-electron chi connectivity index (χ0n) is 23.0. The fourth-order valence-corrected chi connectivity index (χ4v) is 4.28. The molecular formula is C28H37ClN4O5. The first-order valence-electron chi connectivity index (χ1n) is 12.3. The van der Waals surface area contributed by atoms with Gasteiger partial charge in [0.1, 0.15) is 17.7 Å². The van der Waals surface area contributed by atoms with Crippen LogP contribution in [0.2, 0.25) is 5.02 Å². The lowest BCUT2D eigenvalue weighted by Crippen LogP contribution is -2.51. The van der Waals surface area contributed by atoms with Gasteiger partial charge in [0.25, 0.3) is 5.91 Å². The Bertz CT molecular complexity index is 1190. The van der Waals surface area contributed by atoms with E-state index in [1.54, 1.807) is 39.0 Å². The lowest BCUT2D eigenvalue weighted by molar-refractivity contribution is -0.139. The Kier molecular flexibility index (Phi) is 10.3. The molecule has 0 radical (unpaired) electrons. The highest BCUT2D eigenvalue weighted by molar-refractivity contribution is 6.34. The highest BCUT2D eigenvalue weighted by Gasteiger charge is 2.35. The number of likely N-dealkylation sites (N-methyl/N-ethyl adjacent to an activating group) is 1. The summed E-state index contributed by atoms with van der Waals surface area (Å²) in [6.45, 7) is 10.7. The van der Waals surface area contributed by atoms with E-state index in [0.717, 1.165) is 16.7 Å². The number of hydrogen-bond donors (Lipinski definition) is 3. The number of nitrogens with two attached hydrogens (primary N) is 1. The van der Waals surface area contributed by atoms with E-state index in [-0.39, 0.29) is 12.8 Å². The topological polar surface area (TPSA) is 131 Å². The van der Waals surface area contributed by atoms with Gasteiger partial charge >= 0.3 is 6.09 Å². The number of primary amides is 1. The van der Waals surface area contributed by atoms with Crippen molar-refractivity contribution in [2.24, 2.45) is 5.73 Å². The number of ether oxygens (including phenoxy) is 1. The summed E-state index contributed by atoms with van der Waals surface area (Å²) in [4.78, 5) is 52.7. The maximum atomic E-state index is 13.7. The molecule has 206 valence electrons. The smallest absolute Gasteiger partial charge is 0.408 e. The molecule has 10 heteroatoms. The molecule has 0 spiro atoms. The Morgan fingerprint density at radius 3 is 2.26 bits per heavy atom. The Morgan fingerprint density at radius 1 is 1.05 bits per heavy atom. The van der Waals surface area contributed by atoms with Crippen molar-refractivity contribution < 1.29 is 23.9 Å². The van der Waals surface area contributed by atoms with Gasteiger partial charge in [0.05, 0.1) is 10.7 Å². The summed E-state index contributed by atoms with van der Waals surface area (Å²) in [5.74, 6) is -1.71. The van der Waals surface area contributed by atoms with E-state index in [4.69, 9.17) is 22.1 Å². The molecule has 0 aromatic heterocycles. The number of nitrogens with zero attached hydrogens (tertiary/aromatic N) is 1. The van der Waals surface area contributed by atoms with Gasteiger partial charge in [-0.2, -0.15) is 0 Å². The molecule has 4 N–H and O–H groups in total. The summed E-state index contributed by atoms with van der Waals surface area (Å²) >= 11 is 6.35. The number of carbonyl (C=O) groups excluding carboxylic acids is 4. The molecule has 38 heavy (non-hydrogen) atoms. The van der Waals surface area contributed by atoms with Crippen LogP contribution in [0.4, 0.5) is 10.5 Å². The van der Waals surface area contributed by atoms with E-state index in [2.05, 4.69) is 10.6 Å². The zero-order valence-corrected chi connectivity index (χ0v) is 23.7. The largest absolute Gasteiger partial charge is 0.444 e. The maximum absolute atomic E-state index is 13.7. The van der Waals surface area contributed by atoms with Crippen molar-refractivity contribution in [3.63, 3.8) is 0 Å². The Labute approximate surface area is 229 Å². The monoisotopic (exact) mass is 544 g/mol. The van der Waals surface area contributed by atoms with Gasteiger partial charge in [0, 0.05) is 13.5 Å². The quantitative estimate of drug-likeness (QED) is 0.426. The average Bonchev–Trinajstić information content (AvgIpc) is 2.78. The van der Waals surface area contributed by atoms with Crippen molar-refractivity contribution in [2.45, 2.75) is 72.1 Å². The lowest BCUT2D eigenvalue weighted by Gasteiger charge is -2.32. The molecule has 0 aliphatic rings. The van der Waals surface area contributed by atoms with Crippen LogP contribution in [-0.4, -0.2) is 47.4 Å². The summed E-state index contributed by atoms with van der Waals surface area (Å²) in [5.41, 5.74) is 8.09. The minimum Gasteiger partial charge on any atom is -0.444 e. The predicted octanol–water partition coefficient (Wildman–Crippen LogP) is 4.56. The van der Waals surface area contributed by atoms with E-state index in [9.17, 15) is 19.2 Å². The minimum absolute atomic E-state index is 0.0669. The predicted molar refractivity (Wildman–Crippen MR) is 148 cm³/mol. The molecule has 2 rings (SSSR count). The molecule has 0 heterocycles. The number of rotatable bonds is 9. The number of aryl methyl sites for hydroxylation is 3. The van der Waals surface area contributed by atoms with Gasteiger partial charge in [-0.05, 0) is 70.7 Å². The van der Waals surface area contributed by atoms with Crippen LogP contribution in [0.1, 0.15) is 61.9 Å². The fourth-order valence-electron chi connectivity index (χ4n) is 4.01. The van der Waals surface area contributed by atoms with Crippen LogP contribution in [0, 0.1) is 20.8 Å². The van der Waals surface area contributed by atoms with Crippen molar-refractivity contribution in [3.05, 3.63) is 63.7 Å². The second-order valence-corrected chi connectivity index (χ2v) is 10.7. The molecule has 2 unspecified atom stereocenters. The average molecular weight is 545 g/mol. The van der Waals surface area contributed by atoms with Crippen molar-refractivity contribution in [2.75, 3.05) is 12.4 Å². The van der Waals surface area contributed by atoms with Gasteiger partial charge in [-0.15, -0.1) is 0 Å². The first-order valence-corrected chi connectivity index (χ1v) is 12.7. The molecule has 2 aromatic carbocycles. The van der Waals surface area contributed by atoms with Gasteiger partial charge in [0.15, 0.2) is 0 Å². The molecule has 0 saturated heterocycles. The Morgan fingerprint density at radius 2 is 1.71 bits per heavy atom. The van der Waals surface area contributed by atoms with Crippen molar-refractivity contribution in [1.29, 1.82) is 0 Å². The number of alkyl carbamates (subject to hydrolysis) is 1. The van der Waals surface area contributed by atoms with E-state index >= 15 is 0 Å². The van der Waals surface area contributed by atoms with E-state index in [1.807, 2.05) is 39.0 Å². The summed E-state index contributed by atoms with van der Waals surface area (Å²) < 4.78 is 5.30. The molecule has 0 aliphatic carbocycles. The molecule has 0 saturated carbocycles. The van der Waals surface area contributed by atoms with Gasteiger partial charge in [-0.3, -0.25) is 14.4 Å². The third-order valence-corrected chi connectivity index (χ3v) is 6.16. The first-order chi connectivity index (χ1) is 17.6. The number of para-hydroxylation sites is 1. The fraction of sp³-hybridized carbons (Fsp3) is 0.429. The molecule has 4 amide bonds. The molecule has 2 atom stereocenters. The van der Waals surface area contributed by atoms with E-state index in [1.165, 1.54) is 11.9 Å². The number of halogens is 1. The molecular weight excluding hydrogens is 508 g/mol. The van der Waals surface area contributed by atoms with Crippen LogP contribution in [-0.2, 0) is 19.1 Å². The number of nitrogens with one attached hydrogen (secondary N) is 2. The minimum atomic E-state index is -1.16. The molecule has 2 aromatic rings. The number of amides is 4. The Balaban J connectivity index is 2.48. The van der Waals surface area contributed by atoms with Gasteiger partial charge < -0.3 is 26.0 Å². The normalized spacial score (nSPS) is 12.7. The van der Waals surface area contributed by atoms with Crippen molar-refractivity contribution in [3.8, 4) is 0 Å². The Hall–Kier alpha value is -3.59. The second-order valence-electron chi connectivity index (χ2n) is 10.3. The van der Waals surface area contributed by atoms with Crippen LogP contribution in [0.15, 0.2) is 36.4 Å². The van der Waals surface area contributed by atoms with Crippen LogP contribution >= 0.6 is 11.6 Å². The number of benzene rings is 2. The number of hydrogen-bond acceptors (Lipinski definition) is 5. The van der Waals surface area contributed by atoms with E-state index < -0.39 is 41.5 Å². The van der Waals surface area contributed by atoms with Crippen LogP contribution in [0.25, 0.3) is 0 Å². The van der Waals surface area contributed by atoms with Crippen LogP contribution in [0.5, 0.6) is 0 Å². The molecule has 0 fully saturated rings. The third kappa shape index (κ3) is 8.48. The molecule has 0 aliphatic heterocycles. The van der Waals surface area contributed by atoms with Gasteiger partial charge in [0.2, 0.25) is 11.8 Å². The van der Waals surface area contributed by atoms with Gasteiger partial charge in [-0.25, -0.2) is 4.79 Å². The SMILES string of the molecule is Cc1ccc(C(C(=O)Nc2c(C)cccc2Cl)N(C)C(=O)C(CCC(N)=O)NC(=O)OC(C)(C)C)c(C)c1. The van der Waals surface area contributed by atoms with E-state index in [0.29, 0.717) is 16.3 Å². The first kappa shape index (κ1) is 30.6. The summed E-state index contributed by atoms with van der Waals surface area (Å²) in [7, 11) is 1.47. The van der Waals surface area contributed by atoms with Crippen molar-refractivity contribution >= 4 is 41.1 Å². The number of carbonyl (C=O) groups is 4. The lowest BCUT2D eigenvalue weighted by atomic mass is 9.96. The maximum Gasteiger partial charge on any atom is 0.408 e. The standard InChI is InChI=1S/C28H37ClN4O5/c1-16-11-12-19(18(3)15-16)24(25(35)32-23-17(2)9-8-10-20(23)29)33(7)26(36)21(13-14-22(30)34)31-27(37)38-28(4,5)6/h8-12,15,21,24H,13-14H2,1-7H3,(H2,30,34)(H,31,37)(H,32,35). The highest BCUT2D eigenvalue weighted by atomic mass is 35.5. The third-order valence-electron chi connectivity index (χ3n) is 5.84. The van der Waals surface area contributed by atoms with Gasteiger partial charge in [-0.1, -0.05) is 47.5 Å².